The standard InChI is InChI=1S/C28H37N9O2/c1-7-12-36-27(39)23-19-29-28(31-26(23)37(36)25(9-8-17-38)32-34(6)20(2)3)30-22-10-11-24(21(4)18-22)35-15-13-33(5)14-16-35/h7-11,17-20H,1,12-16H2,2-6H3,(H,29,30,31)/b9-8-,32-25+. The van der Waals surface area contributed by atoms with Gasteiger partial charge in [-0.1, -0.05) is 6.08 Å². The summed E-state index contributed by atoms with van der Waals surface area (Å²) in [4.78, 5) is 38.3. The summed E-state index contributed by atoms with van der Waals surface area (Å²) in [6.45, 7) is 14.2. The van der Waals surface area contributed by atoms with Gasteiger partial charge in [-0.2, -0.15) is 10.1 Å². The van der Waals surface area contributed by atoms with E-state index in [1.165, 1.54) is 22.6 Å². The summed E-state index contributed by atoms with van der Waals surface area (Å²) in [5.41, 5.74) is 3.32. The second kappa shape index (κ2) is 12.1. The molecule has 0 unspecified atom stereocenters. The van der Waals surface area contributed by atoms with Gasteiger partial charge in [0, 0.05) is 56.8 Å². The molecule has 0 saturated carbocycles. The number of hydrogen-bond donors (Lipinski definition) is 1. The molecule has 206 valence electrons. The van der Waals surface area contributed by atoms with Crippen LogP contribution >= 0.6 is 0 Å². The summed E-state index contributed by atoms with van der Waals surface area (Å²) in [5.74, 6) is 0.707. The molecule has 0 bridgehead atoms. The molecule has 1 N–H and O–H groups in total. The molecule has 1 aliphatic rings. The van der Waals surface area contributed by atoms with Crippen LogP contribution in [0.4, 0.5) is 17.3 Å². The Bertz CT molecular complexity index is 1460. The van der Waals surface area contributed by atoms with Crippen molar-refractivity contribution in [3.63, 3.8) is 0 Å². The van der Waals surface area contributed by atoms with Gasteiger partial charge in [0.05, 0.1) is 6.54 Å². The quantitative estimate of drug-likeness (QED) is 0.112. The molecule has 11 heteroatoms. The normalized spacial score (nSPS) is 14.9. The molecule has 0 atom stereocenters. The Morgan fingerprint density at radius 3 is 2.64 bits per heavy atom. The zero-order valence-electron chi connectivity index (χ0n) is 23.3. The number of likely N-dealkylation sites (N-methyl/N-ethyl adjacent to an activating group) is 1. The number of benzene rings is 1. The topological polar surface area (TPSA) is 104 Å². The summed E-state index contributed by atoms with van der Waals surface area (Å²) < 4.78 is 3.08. The maximum Gasteiger partial charge on any atom is 0.278 e. The van der Waals surface area contributed by atoms with Gasteiger partial charge in [0.2, 0.25) is 5.95 Å². The number of rotatable bonds is 9. The van der Waals surface area contributed by atoms with Gasteiger partial charge in [-0.05, 0) is 63.7 Å². The van der Waals surface area contributed by atoms with Crippen LogP contribution in [0, 0.1) is 6.92 Å². The second-order valence-electron chi connectivity index (χ2n) is 9.96. The van der Waals surface area contributed by atoms with Crippen molar-refractivity contribution in [2.75, 3.05) is 50.5 Å². The lowest BCUT2D eigenvalue weighted by molar-refractivity contribution is -0.104. The minimum Gasteiger partial charge on any atom is -0.369 e. The van der Waals surface area contributed by atoms with Gasteiger partial charge in [0.1, 0.15) is 11.7 Å². The molecule has 39 heavy (non-hydrogen) atoms. The lowest BCUT2D eigenvalue weighted by Gasteiger charge is -2.35. The van der Waals surface area contributed by atoms with Gasteiger partial charge in [-0.3, -0.25) is 14.6 Å². The summed E-state index contributed by atoms with van der Waals surface area (Å²) in [5, 5.41) is 10.0. The van der Waals surface area contributed by atoms with Crippen LogP contribution in [0.15, 0.2) is 59.1 Å². The summed E-state index contributed by atoms with van der Waals surface area (Å²) in [7, 11) is 3.98. The number of carbonyl (C=O) groups excluding carboxylic acids is 1. The molecule has 0 aliphatic carbocycles. The third kappa shape index (κ3) is 6.09. The van der Waals surface area contributed by atoms with Crippen molar-refractivity contribution in [3.05, 3.63) is 65.1 Å². The molecule has 0 radical (unpaired) electrons. The first kappa shape index (κ1) is 27.8. The number of hydrazone groups is 1. The van der Waals surface area contributed by atoms with E-state index in [4.69, 9.17) is 4.98 Å². The fourth-order valence-corrected chi connectivity index (χ4v) is 4.42. The first-order valence-electron chi connectivity index (χ1n) is 13.1. The first-order valence-corrected chi connectivity index (χ1v) is 13.1. The molecular formula is C28H37N9O2. The van der Waals surface area contributed by atoms with Gasteiger partial charge in [0.15, 0.2) is 11.5 Å². The van der Waals surface area contributed by atoms with E-state index < -0.39 is 0 Å². The van der Waals surface area contributed by atoms with E-state index in [1.54, 1.807) is 21.8 Å². The third-order valence-corrected chi connectivity index (χ3v) is 6.82. The van der Waals surface area contributed by atoms with Gasteiger partial charge in [-0.15, -0.1) is 6.58 Å². The van der Waals surface area contributed by atoms with Gasteiger partial charge in [0.25, 0.3) is 5.56 Å². The number of fused-ring (bicyclic) bond motifs is 1. The van der Waals surface area contributed by atoms with E-state index in [1.807, 2.05) is 27.0 Å². The smallest absolute Gasteiger partial charge is 0.278 e. The van der Waals surface area contributed by atoms with Crippen LogP contribution in [0.5, 0.6) is 0 Å². The number of piperazine rings is 1. The van der Waals surface area contributed by atoms with Crippen LogP contribution in [0.2, 0.25) is 0 Å². The SMILES string of the molecule is C=CCn1c(=O)c2cnc(Nc3ccc(N4CCN(C)CC4)c(C)c3)nc2n1C(/C=C\C=O)=N/N(C)C(C)C. The number of allylic oxidation sites excluding steroid dienone is 3. The average molecular weight is 532 g/mol. The minimum atomic E-state index is -0.275. The third-order valence-electron chi connectivity index (χ3n) is 6.82. The van der Waals surface area contributed by atoms with E-state index in [0.717, 1.165) is 37.4 Å². The van der Waals surface area contributed by atoms with Crippen LogP contribution in [0.25, 0.3) is 11.0 Å². The van der Waals surface area contributed by atoms with E-state index in [0.29, 0.717) is 29.1 Å². The van der Waals surface area contributed by atoms with Gasteiger partial charge >= 0.3 is 0 Å². The highest BCUT2D eigenvalue weighted by molar-refractivity contribution is 6.01. The number of anilines is 3. The Hall–Kier alpha value is -4.25. The van der Waals surface area contributed by atoms with Crippen molar-refractivity contribution >= 4 is 40.5 Å². The molecule has 1 aliphatic heterocycles. The van der Waals surface area contributed by atoms with Crippen molar-refractivity contribution in [1.82, 2.24) is 29.2 Å². The number of hydrogen-bond acceptors (Lipinski definition) is 9. The van der Waals surface area contributed by atoms with Crippen molar-refractivity contribution in [2.45, 2.75) is 33.4 Å². The number of nitrogens with zero attached hydrogens (tertiary/aromatic N) is 8. The minimum absolute atomic E-state index is 0.0925. The Morgan fingerprint density at radius 2 is 2.00 bits per heavy atom. The molecule has 1 aromatic carbocycles. The van der Waals surface area contributed by atoms with Crippen LogP contribution in [-0.2, 0) is 11.3 Å². The second-order valence-corrected chi connectivity index (χ2v) is 9.96. The molecule has 2 aromatic heterocycles. The lowest BCUT2D eigenvalue weighted by Crippen LogP contribution is -2.44. The maximum absolute atomic E-state index is 13.3. The Kier molecular flexibility index (Phi) is 8.60. The van der Waals surface area contributed by atoms with Crippen molar-refractivity contribution in [1.29, 1.82) is 0 Å². The molecule has 0 amide bonds. The fraction of sp³-hybridized carbons (Fsp3) is 0.393. The zero-order valence-corrected chi connectivity index (χ0v) is 23.3. The molecule has 3 aromatic rings. The molecule has 1 saturated heterocycles. The number of carbonyl (C=O) groups is 1. The van der Waals surface area contributed by atoms with Crippen LogP contribution < -0.4 is 15.8 Å². The van der Waals surface area contributed by atoms with Crippen molar-refractivity contribution in [2.24, 2.45) is 5.10 Å². The predicted molar refractivity (Wildman–Crippen MR) is 157 cm³/mol. The Balaban J connectivity index is 1.74. The van der Waals surface area contributed by atoms with E-state index in [9.17, 15) is 9.59 Å². The monoisotopic (exact) mass is 531 g/mol. The number of aromatic nitrogens is 4. The number of aldehydes is 1. The summed E-state index contributed by atoms with van der Waals surface area (Å²) in [6.07, 6.45) is 6.71. The lowest BCUT2D eigenvalue weighted by atomic mass is 10.1. The van der Waals surface area contributed by atoms with Gasteiger partial charge < -0.3 is 15.1 Å². The average Bonchev–Trinajstić information content (AvgIpc) is 3.18. The molecule has 11 nitrogen and oxygen atoms in total. The zero-order chi connectivity index (χ0) is 28.1. The van der Waals surface area contributed by atoms with E-state index >= 15 is 0 Å². The summed E-state index contributed by atoms with van der Waals surface area (Å²) in [6, 6.07) is 6.31. The van der Waals surface area contributed by atoms with Crippen LogP contribution in [0.1, 0.15) is 19.4 Å². The highest BCUT2D eigenvalue weighted by Crippen LogP contribution is 2.26. The Morgan fingerprint density at radius 1 is 1.26 bits per heavy atom. The number of nitrogens with one attached hydrogen (secondary N) is 1. The van der Waals surface area contributed by atoms with E-state index in [-0.39, 0.29) is 18.1 Å². The molecule has 4 rings (SSSR count). The number of aryl methyl sites for hydroxylation is 1. The van der Waals surface area contributed by atoms with Gasteiger partial charge in [-0.25, -0.2) is 14.3 Å². The van der Waals surface area contributed by atoms with Crippen molar-refractivity contribution < 1.29 is 4.79 Å². The van der Waals surface area contributed by atoms with Crippen molar-refractivity contribution in [3.8, 4) is 0 Å². The van der Waals surface area contributed by atoms with E-state index in [2.05, 4.69) is 57.9 Å². The first-order chi connectivity index (χ1) is 18.7. The fourth-order valence-electron chi connectivity index (χ4n) is 4.42. The Labute approximate surface area is 228 Å². The highest BCUT2D eigenvalue weighted by atomic mass is 16.1. The maximum atomic E-state index is 13.3. The molecular weight excluding hydrogens is 494 g/mol. The van der Waals surface area contributed by atoms with Crippen LogP contribution in [0.3, 0.4) is 0 Å². The largest absolute Gasteiger partial charge is 0.369 e. The highest BCUT2D eigenvalue weighted by Gasteiger charge is 2.20. The predicted octanol–water partition coefficient (Wildman–Crippen LogP) is 2.84. The summed E-state index contributed by atoms with van der Waals surface area (Å²) >= 11 is 0. The molecule has 1 fully saturated rings. The molecule has 3 heterocycles. The molecule has 0 spiro atoms. The van der Waals surface area contributed by atoms with Crippen LogP contribution in [-0.4, -0.2) is 87.7 Å².